The summed E-state index contributed by atoms with van der Waals surface area (Å²) in [4.78, 5) is 0. The second-order valence-electron chi connectivity index (χ2n) is 5.01. The van der Waals surface area contributed by atoms with Crippen LogP contribution in [0.2, 0.25) is 0 Å². The molecule has 8 heteroatoms. The molecule has 0 saturated carbocycles. The quantitative estimate of drug-likeness (QED) is 0.826. The van der Waals surface area contributed by atoms with Gasteiger partial charge in [-0.25, -0.2) is 0 Å². The third-order valence-corrected chi connectivity index (χ3v) is 3.55. The zero-order chi connectivity index (χ0) is 18.2. The van der Waals surface area contributed by atoms with E-state index in [0.717, 1.165) is 12.1 Å². The average molecular weight is 350 g/mol. The summed E-state index contributed by atoms with van der Waals surface area (Å²) in [7, 11) is 1.32. The van der Waals surface area contributed by atoms with Crippen LogP contribution >= 0.6 is 0 Å². The van der Waals surface area contributed by atoms with Crippen LogP contribution < -0.4 is 4.74 Å². The molecule has 2 aromatic carbocycles. The second-order valence-corrected chi connectivity index (χ2v) is 5.01. The fraction of sp³-hybridized carbons (Fsp3) is 0.250. The molecule has 0 spiro atoms. The highest BCUT2D eigenvalue weighted by atomic mass is 19.4. The maximum atomic E-state index is 13.5. The largest absolute Gasteiger partial charge is 0.497 e. The predicted molar refractivity (Wildman–Crippen MR) is 73.5 cm³/mol. The number of ether oxygens (including phenoxy) is 1. The van der Waals surface area contributed by atoms with Gasteiger partial charge in [-0.1, -0.05) is 24.3 Å². The lowest BCUT2D eigenvalue weighted by Crippen LogP contribution is -2.43. The molecule has 0 amide bonds. The maximum absolute atomic E-state index is 13.5. The van der Waals surface area contributed by atoms with Crippen LogP contribution in [0.25, 0.3) is 0 Å². The minimum Gasteiger partial charge on any atom is -0.497 e. The molecule has 0 heterocycles. The monoisotopic (exact) mass is 350 g/mol. The molecule has 24 heavy (non-hydrogen) atoms. The summed E-state index contributed by atoms with van der Waals surface area (Å²) in [6, 6.07) is 6.66. The number of alkyl halides is 6. The van der Waals surface area contributed by atoms with Crippen LogP contribution in [0.4, 0.5) is 26.3 Å². The van der Waals surface area contributed by atoms with Gasteiger partial charge in [-0.3, -0.25) is 0 Å². The van der Waals surface area contributed by atoms with E-state index in [0.29, 0.717) is 24.3 Å². The standard InChI is InChI=1S/C16H12F6O2/c1-24-13-8-6-11(7-9-13)14(23,16(20,21)22)10-2-4-12(5-3-10)15(17,18)19/h2-9,23H,1H3. The van der Waals surface area contributed by atoms with Gasteiger partial charge in [-0.2, -0.15) is 26.3 Å². The molecule has 1 atom stereocenters. The molecule has 2 rings (SSSR count). The smallest absolute Gasteiger partial charge is 0.425 e. The Labute approximate surface area is 133 Å². The van der Waals surface area contributed by atoms with Crippen molar-refractivity contribution in [2.45, 2.75) is 18.0 Å². The van der Waals surface area contributed by atoms with Gasteiger partial charge in [0.25, 0.3) is 0 Å². The number of hydrogen-bond donors (Lipinski definition) is 1. The van der Waals surface area contributed by atoms with Crippen molar-refractivity contribution in [3.05, 3.63) is 65.2 Å². The lowest BCUT2D eigenvalue weighted by atomic mass is 9.85. The average Bonchev–Trinajstić information content (AvgIpc) is 2.52. The van der Waals surface area contributed by atoms with E-state index in [4.69, 9.17) is 4.74 Å². The Balaban J connectivity index is 2.56. The fourth-order valence-corrected chi connectivity index (χ4v) is 2.23. The van der Waals surface area contributed by atoms with Gasteiger partial charge in [-0.05, 0) is 35.4 Å². The van der Waals surface area contributed by atoms with Gasteiger partial charge in [0.2, 0.25) is 5.60 Å². The van der Waals surface area contributed by atoms with Crippen LogP contribution in [0, 0.1) is 0 Å². The zero-order valence-electron chi connectivity index (χ0n) is 12.2. The molecular formula is C16H12F6O2. The second kappa shape index (κ2) is 6.01. The molecule has 0 radical (unpaired) electrons. The number of benzene rings is 2. The van der Waals surface area contributed by atoms with Crippen LogP contribution in [-0.4, -0.2) is 18.4 Å². The maximum Gasteiger partial charge on any atom is 0.425 e. The number of hydrogen-bond acceptors (Lipinski definition) is 2. The van der Waals surface area contributed by atoms with Gasteiger partial charge in [0.05, 0.1) is 12.7 Å². The normalized spacial score (nSPS) is 15.0. The zero-order valence-corrected chi connectivity index (χ0v) is 12.2. The Hall–Kier alpha value is -2.22. The van der Waals surface area contributed by atoms with Gasteiger partial charge in [0.1, 0.15) is 5.75 Å². The Morgan fingerprint density at radius 1 is 0.708 bits per heavy atom. The van der Waals surface area contributed by atoms with Crippen LogP contribution in [0.5, 0.6) is 5.75 Å². The van der Waals surface area contributed by atoms with E-state index >= 15 is 0 Å². The van der Waals surface area contributed by atoms with Crippen LogP contribution in [0.1, 0.15) is 16.7 Å². The molecular weight excluding hydrogens is 338 g/mol. The molecule has 1 unspecified atom stereocenters. The van der Waals surface area contributed by atoms with E-state index in [2.05, 4.69) is 0 Å². The molecule has 0 aliphatic heterocycles. The summed E-state index contributed by atoms with van der Waals surface area (Å²) in [5.74, 6) is 0.274. The third-order valence-electron chi connectivity index (χ3n) is 3.55. The highest BCUT2D eigenvalue weighted by Gasteiger charge is 2.56. The number of aliphatic hydroxyl groups is 1. The Morgan fingerprint density at radius 3 is 1.42 bits per heavy atom. The van der Waals surface area contributed by atoms with Gasteiger partial charge >= 0.3 is 12.4 Å². The summed E-state index contributed by atoms with van der Waals surface area (Å²) in [5, 5.41) is 10.3. The van der Waals surface area contributed by atoms with E-state index in [9.17, 15) is 31.4 Å². The van der Waals surface area contributed by atoms with Gasteiger partial charge in [0, 0.05) is 0 Å². The number of halogens is 6. The number of rotatable bonds is 3. The summed E-state index contributed by atoms with van der Waals surface area (Å²) in [6.45, 7) is 0. The van der Waals surface area contributed by atoms with Crippen molar-refractivity contribution in [2.75, 3.05) is 7.11 Å². The first-order valence-electron chi connectivity index (χ1n) is 6.61. The summed E-state index contributed by atoms with van der Waals surface area (Å²) in [6.07, 6.45) is -9.82. The van der Waals surface area contributed by atoms with Crippen molar-refractivity contribution in [3.8, 4) is 5.75 Å². The molecule has 0 bridgehead atoms. The predicted octanol–water partition coefficient (Wildman–Crippen LogP) is 4.51. The van der Waals surface area contributed by atoms with Crippen molar-refractivity contribution < 1.29 is 36.2 Å². The molecule has 0 aliphatic rings. The van der Waals surface area contributed by atoms with Gasteiger partial charge in [-0.15, -0.1) is 0 Å². The summed E-state index contributed by atoms with van der Waals surface area (Å²) < 4.78 is 83.0. The Kier molecular flexibility index (Phi) is 4.54. The first kappa shape index (κ1) is 18.1. The third kappa shape index (κ3) is 3.19. The molecule has 2 aromatic rings. The summed E-state index contributed by atoms with van der Waals surface area (Å²) >= 11 is 0. The minimum atomic E-state index is -5.14. The van der Waals surface area contributed by atoms with E-state index in [1.54, 1.807) is 0 Å². The van der Waals surface area contributed by atoms with Crippen molar-refractivity contribution in [1.82, 2.24) is 0 Å². The van der Waals surface area contributed by atoms with Crippen LogP contribution in [0.15, 0.2) is 48.5 Å². The van der Waals surface area contributed by atoms with Crippen LogP contribution in [-0.2, 0) is 11.8 Å². The van der Waals surface area contributed by atoms with Gasteiger partial charge in [0.15, 0.2) is 0 Å². The van der Waals surface area contributed by atoms with Crippen molar-refractivity contribution >= 4 is 0 Å². The first-order valence-corrected chi connectivity index (χ1v) is 6.61. The lowest BCUT2D eigenvalue weighted by molar-refractivity contribution is -0.248. The minimum absolute atomic E-state index is 0.274. The first-order chi connectivity index (χ1) is 11.0. The SMILES string of the molecule is COc1ccc(C(O)(c2ccc(C(F)(F)F)cc2)C(F)(F)F)cc1. The fourth-order valence-electron chi connectivity index (χ4n) is 2.23. The molecule has 0 saturated heterocycles. The van der Waals surface area contributed by atoms with Gasteiger partial charge < -0.3 is 9.84 Å². The highest BCUT2D eigenvalue weighted by molar-refractivity contribution is 5.41. The van der Waals surface area contributed by atoms with Crippen LogP contribution in [0.3, 0.4) is 0 Å². The topological polar surface area (TPSA) is 29.5 Å². The van der Waals surface area contributed by atoms with E-state index in [1.165, 1.54) is 19.2 Å². The molecule has 0 aromatic heterocycles. The van der Waals surface area contributed by atoms with E-state index in [-0.39, 0.29) is 5.75 Å². The van der Waals surface area contributed by atoms with E-state index < -0.39 is 34.6 Å². The molecule has 1 N–H and O–H groups in total. The summed E-state index contributed by atoms with van der Waals surface area (Å²) in [5.41, 5.74) is -5.79. The number of methoxy groups -OCH3 is 1. The Bertz CT molecular complexity index is 688. The van der Waals surface area contributed by atoms with Crippen molar-refractivity contribution in [3.63, 3.8) is 0 Å². The van der Waals surface area contributed by atoms with Crippen molar-refractivity contribution in [2.24, 2.45) is 0 Å². The molecule has 130 valence electrons. The Morgan fingerprint density at radius 2 is 1.08 bits per heavy atom. The lowest BCUT2D eigenvalue weighted by Gasteiger charge is -2.31. The molecule has 2 nitrogen and oxygen atoms in total. The molecule has 0 aliphatic carbocycles. The van der Waals surface area contributed by atoms with Crippen molar-refractivity contribution in [1.29, 1.82) is 0 Å². The highest BCUT2D eigenvalue weighted by Crippen LogP contribution is 2.45. The van der Waals surface area contributed by atoms with E-state index in [1.807, 2.05) is 0 Å². The molecule has 0 fully saturated rings.